The minimum atomic E-state index is -0.245. The Hall–Kier alpha value is -2.50. The van der Waals surface area contributed by atoms with Crippen molar-refractivity contribution in [3.63, 3.8) is 0 Å². The highest BCUT2D eigenvalue weighted by atomic mass is 16.2. The average Bonchev–Trinajstić information content (AvgIpc) is 2.80. The van der Waals surface area contributed by atoms with Crippen LogP contribution in [0, 0.1) is 13.8 Å². The fourth-order valence-corrected chi connectivity index (χ4v) is 3.17. The van der Waals surface area contributed by atoms with E-state index in [1.807, 2.05) is 32.0 Å². The zero-order chi connectivity index (χ0) is 16.9. The second-order valence-electron chi connectivity index (χ2n) is 6.31. The van der Waals surface area contributed by atoms with Gasteiger partial charge in [-0.2, -0.15) is 5.10 Å². The number of hydrogen-bond donors (Lipinski definition) is 3. The van der Waals surface area contributed by atoms with Gasteiger partial charge in [0.1, 0.15) is 0 Å². The van der Waals surface area contributed by atoms with Crippen LogP contribution in [0.3, 0.4) is 0 Å². The maximum absolute atomic E-state index is 12.4. The molecule has 0 bridgehead atoms. The standard InChI is InChI=1S/C18H25N5O/c1-13-17(14(2)22-21-13)20-18(24)19-15-9-5-6-10-16(15)23-11-7-3-4-8-12-23/h5-6,9-10H,3-4,7-8,11-12H2,1-2H3,(H,21,22)(H2,19,20,24). The minimum absolute atomic E-state index is 0.245. The number of carbonyl (C=O) groups is 1. The Morgan fingerprint density at radius 1 is 1.08 bits per heavy atom. The smallest absolute Gasteiger partial charge is 0.323 e. The summed E-state index contributed by atoms with van der Waals surface area (Å²) in [4.78, 5) is 14.8. The van der Waals surface area contributed by atoms with Crippen LogP contribution in [0.1, 0.15) is 37.1 Å². The monoisotopic (exact) mass is 327 g/mol. The first-order valence-electron chi connectivity index (χ1n) is 8.58. The first-order valence-corrected chi connectivity index (χ1v) is 8.58. The Morgan fingerprint density at radius 3 is 2.46 bits per heavy atom. The highest BCUT2D eigenvalue weighted by Crippen LogP contribution is 2.28. The van der Waals surface area contributed by atoms with Crippen molar-refractivity contribution >= 4 is 23.1 Å². The number of aryl methyl sites for hydroxylation is 2. The summed E-state index contributed by atoms with van der Waals surface area (Å²) in [5, 5.41) is 12.9. The molecule has 2 amide bonds. The fourth-order valence-electron chi connectivity index (χ4n) is 3.17. The summed E-state index contributed by atoms with van der Waals surface area (Å²) in [5.74, 6) is 0. The van der Waals surface area contributed by atoms with Crippen LogP contribution in [0.2, 0.25) is 0 Å². The van der Waals surface area contributed by atoms with Crippen LogP contribution < -0.4 is 15.5 Å². The van der Waals surface area contributed by atoms with Gasteiger partial charge in [-0.05, 0) is 38.8 Å². The number of urea groups is 1. The van der Waals surface area contributed by atoms with Crippen LogP contribution >= 0.6 is 0 Å². The van der Waals surface area contributed by atoms with Gasteiger partial charge in [0, 0.05) is 13.1 Å². The van der Waals surface area contributed by atoms with E-state index in [-0.39, 0.29) is 6.03 Å². The lowest BCUT2D eigenvalue weighted by atomic mass is 10.2. The minimum Gasteiger partial charge on any atom is -0.370 e. The molecule has 1 fully saturated rings. The van der Waals surface area contributed by atoms with Gasteiger partial charge in [-0.1, -0.05) is 25.0 Å². The zero-order valence-electron chi connectivity index (χ0n) is 14.4. The molecule has 0 saturated carbocycles. The van der Waals surface area contributed by atoms with Gasteiger partial charge in [0.05, 0.1) is 28.5 Å². The number of H-pyrrole nitrogens is 1. The number of aromatic nitrogens is 2. The van der Waals surface area contributed by atoms with Crippen molar-refractivity contribution in [1.82, 2.24) is 10.2 Å². The Balaban J connectivity index is 1.74. The third kappa shape index (κ3) is 3.69. The van der Waals surface area contributed by atoms with Gasteiger partial charge in [-0.25, -0.2) is 4.79 Å². The Labute approximate surface area is 142 Å². The van der Waals surface area contributed by atoms with E-state index in [1.165, 1.54) is 25.7 Å². The number of amides is 2. The molecule has 2 heterocycles. The quantitative estimate of drug-likeness (QED) is 0.796. The average molecular weight is 327 g/mol. The molecule has 128 valence electrons. The molecule has 1 aliphatic rings. The molecule has 2 aromatic rings. The van der Waals surface area contributed by atoms with Crippen LogP contribution in [0.15, 0.2) is 24.3 Å². The summed E-state index contributed by atoms with van der Waals surface area (Å²) >= 11 is 0. The van der Waals surface area contributed by atoms with Crippen molar-refractivity contribution in [3.8, 4) is 0 Å². The summed E-state index contributed by atoms with van der Waals surface area (Å²) in [6.45, 7) is 5.84. The van der Waals surface area contributed by atoms with Gasteiger partial charge in [0.25, 0.3) is 0 Å². The molecule has 1 aromatic heterocycles. The third-order valence-corrected chi connectivity index (χ3v) is 4.47. The summed E-state index contributed by atoms with van der Waals surface area (Å²) in [6.07, 6.45) is 4.97. The lowest BCUT2D eigenvalue weighted by Gasteiger charge is -2.25. The molecule has 0 aliphatic carbocycles. The van der Waals surface area contributed by atoms with E-state index < -0.39 is 0 Å². The van der Waals surface area contributed by atoms with Gasteiger partial charge in [-0.15, -0.1) is 0 Å². The summed E-state index contributed by atoms with van der Waals surface area (Å²) in [7, 11) is 0. The van der Waals surface area contributed by atoms with Crippen LogP contribution in [0.4, 0.5) is 21.9 Å². The molecule has 3 N–H and O–H groups in total. The number of hydrogen-bond acceptors (Lipinski definition) is 3. The van der Waals surface area contributed by atoms with Crippen LogP contribution in [-0.2, 0) is 0 Å². The Morgan fingerprint density at radius 2 is 1.79 bits per heavy atom. The highest BCUT2D eigenvalue weighted by molar-refractivity contribution is 6.02. The molecule has 0 unspecified atom stereocenters. The van der Waals surface area contributed by atoms with E-state index in [0.717, 1.165) is 41.5 Å². The molecule has 24 heavy (non-hydrogen) atoms. The fraction of sp³-hybridized carbons (Fsp3) is 0.444. The second kappa shape index (κ2) is 7.38. The predicted molar refractivity (Wildman–Crippen MR) is 97.8 cm³/mol. The number of nitrogens with zero attached hydrogens (tertiary/aromatic N) is 2. The maximum atomic E-state index is 12.4. The lowest BCUT2D eigenvalue weighted by molar-refractivity contribution is 0.262. The first-order chi connectivity index (χ1) is 11.6. The maximum Gasteiger partial charge on any atom is 0.323 e. The number of rotatable bonds is 3. The molecule has 1 aromatic carbocycles. The van der Waals surface area contributed by atoms with E-state index in [1.54, 1.807) is 0 Å². The number of para-hydroxylation sites is 2. The number of carbonyl (C=O) groups excluding carboxylic acids is 1. The van der Waals surface area contributed by atoms with Crippen molar-refractivity contribution in [3.05, 3.63) is 35.7 Å². The van der Waals surface area contributed by atoms with Crippen molar-refractivity contribution in [2.24, 2.45) is 0 Å². The molecular formula is C18H25N5O. The SMILES string of the molecule is Cc1n[nH]c(C)c1NC(=O)Nc1ccccc1N1CCCCCC1. The van der Waals surface area contributed by atoms with Gasteiger partial charge >= 0.3 is 6.03 Å². The van der Waals surface area contributed by atoms with E-state index >= 15 is 0 Å². The van der Waals surface area contributed by atoms with Gasteiger partial charge in [-0.3, -0.25) is 5.10 Å². The third-order valence-electron chi connectivity index (χ3n) is 4.47. The van der Waals surface area contributed by atoms with Crippen LogP contribution in [0.5, 0.6) is 0 Å². The zero-order valence-corrected chi connectivity index (χ0v) is 14.4. The van der Waals surface area contributed by atoms with Crippen molar-refractivity contribution in [2.75, 3.05) is 28.6 Å². The van der Waals surface area contributed by atoms with E-state index in [4.69, 9.17) is 0 Å². The predicted octanol–water partition coefficient (Wildman–Crippen LogP) is 4.05. The van der Waals surface area contributed by atoms with Crippen molar-refractivity contribution < 1.29 is 4.79 Å². The molecule has 0 spiro atoms. The molecule has 1 saturated heterocycles. The van der Waals surface area contributed by atoms with Crippen molar-refractivity contribution in [2.45, 2.75) is 39.5 Å². The summed E-state index contributed by atoms with van der Waals surface area (Å²) in [6, 6.07) is 7.76. The van der Waals surface area contributed by atoms with Crippen LogP contribution in [0.25, 0.3) is 0 Å². The normalized spacial score (nSPS) is 15.0. The Kier molecular flexibility index (Phi) is 5.03. The number of aromatic amines is 1. The topological polar surface area (TPSA) is 73.0 Å². The summed E-state index contributed by atoms with van der Waals surface area (Å²) in [5.41, 5.74) is 4.30. The number of anilines is 3. The highest BCUT2D eigenvalue weighted by Gasteiger charge is 2.16. The molecule has 0 radical (unpaired) electrons. The molecule has 1 aliphatic heterocycles. The van der Waals surface area contributed by atoms with Crippen molar-refractivity contribution in [1.29, 1.82) is 0 Å². The first kappa shape index (κ1) is 16.4. The molecular weight excluding hydrogens is 302 g/mol. The van der Waals surface area contributed by atoms with Gasteiger partial charge < -0.3 is 15.5 Å². The van der Waals surface area contributed by atoms with Gasteiger partial charge in [0.2, 0.25) is 0 Å². The van der Waals surface area contributed by atoms with E-state index in [9.17, 15) is 4.79 Å². The summed E-state index contributed by atoms with van der Waals surface area (Å²) < 4.78 is 0. The second-order valence-corrected chi connectivity index (χ2v) is 6.31. The molecule has 6 nitrogen and oxygen atoms in total. The molecule has 0 atom stereocenters. The van der Waals surface area contributed by atoms with E-state index in [2.05, 4.69) is 31.8 Å². The largest absolute Gasteiger partial charge is 0.370 e. The van der Waals surface area contributed by atoms with Gasteiger partial charge in [0.15, 0.2) is 0 Å². The Bertz CT molecular complexity index is 682. The number of nitrogens with one attached hydrogen (secondary N) is 3. The molecule has 6 heteroatoms. The number of benzene rings is 1. The lowest BCUT2D eigenvalue weighted by Crippen LogP contribution is -2.27. The van der Waals surface area contributed by atoms with Crippen LogP contribution in [-0.4, -0.2) is 29.3 Å². The van der Waals surface area contributed by atoms with E-state index in [0.29, 0.717) is 0 Å². The molecule has 3 rings (SSSR count).